The molecule has 2 aromatic rings. The summed E-state index contributed by atoms with van der Waals surface area (Å²) in [6.07, 6.45) is 13.8. The van der Waals surface area contributed by atoms with E-state index in [2.05, 4.69) is 26.7 Å². The van der Waals surface area contributed by atoms with Gasteiger partial charge in [-0.15, -0.1) is 0 Å². The lowest BCUT2D eigenvalue weighted by Gasteiger charge is -2.17. The summed E-state index contributed by atoms with van der Waals surface area (Å²) in [5, 5.41) is 0. The SMILES string of the molecule is CCOC(=O)C(Cc1ccc(N)nc1)c1cn(C2C=CCCC2)cn1. The molecule has 2 N–H and O–H groups in total. The predicted molar refractivity (Wildman–Crippen MR) is 96.0 cm³/mol. The van der Waals surface area contributed by atoms with Crippen LogP contribution in [0.3, 0.4) is 0 Å². The highest BCUT2D eigenvalue weighted by Crippen LogP contribution is 2.26. The van der Waals surface area contributed by atoms with E-state index in [0.717, 1.165) is 24.1 Å². The molecule has 1 aliphatic carbocycles. The Hall–Kier alpha value is -2.63. The van der Waals surface area contributed by atoms with Gasteiger partial charge in [0.1, 0.15) is 11.7 Å². The number of carbonyl (C=O) groups is 1. The summed E-state index contributed by atoms with van der Waals surface area (Å²) in [5.41, 5.74) is 7.30. The second-order valence-electron chi connectivity index (χ2n) is 6.27. The highest BCUT2D eigenvalue weighted by molar-refractivity contribution is 5.78. The first-order valence-electron chi connectivity index (χ1n) is 8.74. The Bertz CT molecular complexity index is 736. The number of nitrogen functional groups attached to an aromatic ring is 1. The molecule has 2 unspecified atom stereocenters. The van der Waals surface area contributed by atoms with Crippen molar-refractivity contribution in [2.75, 3.05) is 12.3 Å². The van der Waals surface area contributed by atoms with Gasteiger partial charge in [-0.05, 0) is 44.2 Å². The smallest absolute Gasteiger partial charge is 0.315 e. The van der Waals surface area contributed by atoms with Gasteiger partial charge in [-0.2, -0.15) is 0 Å². The maximum atomic E-state index is 12.5. The van der Waals surface area contributed by atoms with Crippen molar-refractivity contribution in [3.05, 3.63) is 54.3 Å². The van der Waals surface area contributed by atoms with Gasteiger partial charge in [0.2, 0.25) is 0 Å². The predicted octanol–water partition coefficient (Wildman–Crippen LogP) is 3.03. The highest BCUT2D eigenvalue weighted by Gasteiger charge is 2.26. The lowest BCUT2D eigenvalue weighted by atomic mass is 9.97. The summed E-state index contributed by atoms with van der Waals surface area (Å²) in [4.78, 5) is 21.1. The molecule has 132 valence electrons. The average Bonchev–Trinajstić information content (AvgIpc) is 3.12. The molecule has 0 aromatic carbocycles. The third-order valence-corrected chi connectivity index (χ3v) is 4.45. The number of nitrogens with zero attached hydrogens (tertiary/aromatic N) is 3. The van der Waals surface area contributed by atoms with Crippen molar-refractivity contribution in [2.24, 2.45) is 0 Å². The Kier molecular flexibility index (Phi) is 5.48. The van der Waals surface area contributed by atoms with Gasteiger partial charge in [-0.25, -0.2) is 9.97 Å². The number of nitrogens with two attached hydrogens (primary N) is 1. The topological polar surface area (TPSA) is 83.0 Å². The Morgan fingerprint density at radius 3 is 3.00 bits per heavy atom. The van der Waals surface area contributed by atoms with Crippen molar-refractivity contribution in [1.29, 1.82) is 0 Å². The zero-order valence-corrected chi connectivity index (χ0v) is 14.5. The molecule has 2 heterocycles. The van der Waals surface area contributed by atoms with Crippen molar-refractivity contribution in [2.45, 2.75) is 44.6 Å². The summed E-state index contributed by atoms with van der Waals surface area (Å²) >= 11 is 0. The first kappa shape index (κ1) is 17.2. The number of hydrogen-bond donors (Lipinski definition) is 1. The minimum atomic E-state index is -0.445. The lowest BCUT2D eigenvalue weighted by Crippen LogP contribution is -2.19. The van der Waals surface area contributed by atoms with Gasteiger partial charge in [0.15, 0.2) is 0 Å². The highest BCUT2D eigenvalue weighted by atomic mass is 16.5. The monoisotopic (exact) mass is 340 g/mol. The third-order valence-electron chi connectivity index (χ3n) is 4.45. The molecule has 25 heavy (non-hydrogen) atoms. The van der Waals surface area contributed by atoms with E-state index in [4.69, 9.17) is 10.5 Å². The maximum Gasteiger partial charge on any atom is 0.315 e. The molecule has 0 bridgehead atoms. The number of carbonyl (C=O) groups excluding carboxylic acids is 1. The van der Waals surface area contributed by atoms with E-state index in [-0.39, 0.29) is 5.97 Å². The van der Waals surface area contributed by atoms with E-state index < -0.39 is 5.92 Å². The van der Waals surface area contributed by atoms with E-state index >= 15 is 0 Å². The number of pyridine rings is 1. The molecule has 2 atom stereocenters. The standard InChI is InChI=1S/C19H24N4O2/c1-2-25-19(24)16(10-14-8-9-18(20)21-11-14)17-12-23(13-22-17)15-6-4-3-5-7-15/h4,6,8-9,11-13,15-16H,2-3,5,7,10H2,1H3,(H2,20,21). The second-order valence-corrected chi connectivity index (χ2v) is 6.27. The Morgan fingerprint density at radius 2 is 2.32 bits per heavy atom. The number of rotatable bonds is 6. The fourth-order valence-electron chi connectivity index (χ4n) is 3.10. The normalized spacial score (nSPS) is 18.0. The Balaban J connectivity index is 1.82. The molecule has 0 radical (unpaired) electrons. The quantitative estimate of drug-likeness (QED) is 0.645. The summed E-state index contributed by atoms with van der Waals surface area (Å²) in [6, 6.07) is 3.94. The van der Waals surface area contributed by atoms with Crippen LogP contribution < -0.4 is 5.73 Å². The molecular formula is C19H24N4O2. The zero-order chi connectivity index (χ0) is 17.6. The first-order valence-corrected chi connectivity index (χ1v) is 8.74. The van der Waals surface area contributed by atoms with E-state index in [1.807, 2.05) is 25.5 Å². The van der Waals surface area contributed by atoms with Gasteiger partial charge in [0, 0.05) is 12.4 Å². The molecule has 0 saturated heterocycles. The van der Waals surface area contributed by atoms with Crippen LogP contribution in [0.4, 0.5) is 5.82 Å². The molecule has 0 fully saturated rings. The molecule has 2 aromatic heterocycles. The molecule has 1 aliphatic rings. The lowest BCUT2D eigenvalue weighted by molar-refractivity contribution is -0.145. The summed E-state index contributed by atoms with van der Waals surface area (Å²) < 4.78 is 7.34. The van der Waals surface area contributed by atoms with Gasteiger partial charge < -0.3 is 15.0 Å². The molecule has 3 rings (SSSR count). The van der Waals surface area contributed by atoms with E-state index in [9.17, 15) is 4.79 Å². The van der Waals surface area contributed by atoms with E-state index in [1.54, 1.807) is 12.3 Å². The molecule has 6 heteroatoms. The first-order chi connectivity index (χ1) is 12.2. The van der Waals surface area contributed by atoms with Gasteiger partial charge in [-0.1, -0.05) is 18.2 Å². The summed E-state index contributed by atoms with van der Waals surface area (Å²) in [5.74, 6) is -0.243. The number of ether oxygens (including phenoxy) is 1. The largest absolute Gasteiger partial charge is 0.465 e. The van der Waals surface area contributed by atoms with E-state index in [0.29, 0.717) is 24.9 Å². The van der Waals surface area contributed by atoms with Crippen LogP contribution in [0.1, 0.15) is 49.4 Å². The average molecular weight is 340 g/mol. The molecule has 0 amide bonds. The van der Waals surface area contributed by atoms with Gasteiger partial charge in [0.05, 0.1) is 24.7 Å². The minimum Gasteiger partial charge on any atom is -0.465 e. The fraction of sp³-hybridized carbons (Fsp3) is 0.421. The van der Waals surface area contributed by atoms with Crippen LogP contribution in [-0.2, 0) is 16.0 Å². The van der Waals surface area contributed by atoms with Crippen LogP contribution in [0.5, 0.6) is 0 Å². The minimum absolute atomic E-state index is 0.260. The summed E-state index contributed by atoms with van der Waals surface area (Å²) in [7, 11) is 0. The molecule has 0 saturated carbocycles. The van der Waals surface area contributed by atoms with Crippen LogP contribution >= 0.6 is 0 Å². The number of anilines is 1. The Labute approximate surface area is 147 Å². The summed E-state index contributed by atoms with van der Waals surface area (Å²) in [6.45, 7) is 2.16. The van der Waals surface area contributed by atoms with Crippen LogP contribution in [0.15, 0.2) is 43.0 Å². The second kappa shape index (κ2) is 7.96. The number of esters is 1. The number of aromatic nitrogens is 3. The number of imidazole rings is 1. The zero-order valence-electron chi connectivity index (χ0n) is 14.5. The van der Waals surface area contributed by atoms with Crippen molar-refractivity contribution in [3.63, 3.8) is 0 Å². The maximum absolute atomic E-state index is 12.5. The van der Waals surface area contributed by atoms with Crippen LogP contribution in [0.2, 0.25) is 0 Å². The van der Waals surface area contributed by atoms with Gasteiger partial charge in [0.25, 0.3) is 0 Å². The van der Waals surface area contributed by atoms with Crippen LogP contribution in [-0.4, -0.2) is 27.1 Å². The van der Waals surface area contributed by atoms with Gasteiger partial charge >= 0.3 is 5.97 Å². The van der Waals surface area contributed by atoms with Crippen molar-refractivity contribution in [3.8, 4) is 0 Å². The van der Waals surface area contributed by atoms with E-state index in [1.165, 1.54) is 6.42 Å². The molecule has 0 spiro atoms. The molecule has 6 nitrogen and oxygen atoms in total. The molecular weight excluding hydrogens is 316 g/mol. The fourth-order valence-corrected chi connectivity index (χ4v) is 3.10. The van der Waals surface area contributed by atoms with Crippen molar-refractivity contribution >= 4 is 11.8 Å². The van der Waals surface area contributed by atoms with Gasteiger partial charge in [-0.3, -0.25) is 4.79 Å². The third kappa shape index (κ3) is 4.26. The van der Waals surface area contributed by atoms with Crippen LogP contribution in [0, 0.1) is 0 Å². The molecule has 0 aliphatic heterocycles. The van der Waals surface area contributed by atoms with Crippen molar-refractivity contribution in [1.82, 2.24) is 14.5 Å². The van der Waals surface area contributed by atoms with Crippen molar-refractivity contribution < 1.29 is 9.53 Å². The van der Waals surface area contributed by atoms with Crippen LogP contribution in [0.25, 0.3) is 0 Å². The number of allylic oxidation sites excluding steroid dienone is 2. The number of hydrogen-bond acceptors (Lipinski definition) is 5. The Morgan fingerprint density at radius 1 is 1.44 bits per heavy atom.